The maximum atomic E-state index is 13.8. The zero-order valence-electron chi connectivity index (χ0n) is 19.3. The molecule has 0 spiro atoms. The Morgan fingerprint density at radius 3 is 2.22 bits per heavy atom. The summed E-state index contributed by atoms with van der Waals surface area (Å²) in [6.07, 6.45) is -1.02. The molecule has 1 aliphatic heterocycles. The number of hydrogen-bond acceptors (Lipinski definition) is 6. The van der Waals surface area contributed by atoms with Gasteiger partial charge in [0.05, 0.1) is 13.1 Å². The van der Waals surface area contributed by atoms with Gasteiger partial charge in [0.25, 0.3) is 11.5 Å². The van der Waals surface area contributed by atoms with Crippen LogP contribution in [0.1, 0.15) is 11.1 Å². The number of aromatic amines is 1. The molecule has 2 heterocycles. The second kappa shape index (κ2) is 9.83. The Hall–Kier alpha value is -4.79. The Bertz CT molecular complexity index is 1500. The van der Waals surface area contributed by atoms with Crippen LogP contribution in [-0.4, -0.2) is 28.2 Å². The molecule has 9 nitrogen and oxygen atoms in total. The summed E-state index contributed by atoms with van der Waals surface area (Å²) in [5.74, 6) is 0.326. The first-order valence-corrected chi connectivity index (χ1v) is 11.4. The Morgan fingerprint density at radius 1 is 0.917 bits per heavy atom. The SMILES string of the molecule is Nc1c(N(Cc2ccccc2)C(=O)C2COc3ccccc3O2)c(=O)[nH]c(=O)n1Cc1ccccc1. The second-order valence-electron chi connectivity index (χ2n) is 8.34. The molecule has 1 aromatic heterocycles. The molecule has 36 heavy (non-hydrogen) atoms. The molecule has 182 valence electrons. The first-order chi connectivity index (χ1) is 17.5. The average Bonchev–Trinajstić information content (AvgIpc) is 2.91. The summed E-state index contributed by atoms with van der Waals surface area (Å²) in [5, 5.41) is 0. The van der Waals surface area contributed by atoms with Gasteiger partial charge >= 0.3 is 5.69 Å². The van der Waals surface area contributed by atoms with Crippen LogP contribution >= 0.6 is 0 Å². The molecule has 3 aromatic carbocycles. The molecule has 1 unspecified atom stereocenters. The predicted octanol–water partition coefficient (Wildman–Crippen LogP) is 2.54. The van der Waals surface area contributed by atoms with Crippen molar-refractivity contribution in [2.24, 2.45) is 0 Å². The smallest absolute Gasteiger partial charge is 0.330 e. The maximum Gasteiger partial charge on any atom is 0.330 e. The Morgan fingerprint density at radius 2 is 1.53 bits per heavy atom. The summed E-state index contributed by atoms with van der Waals surface area (Å²) < 4.78 is 12.9. The molecule has 1 atom stereocenters. The van der Waals surface area contributed by atoms with E-state index in [0.717, 1.165) is 11.1 Å². The molecule has 1 aliphatic rings. The first-order valence-electron chi connectivity index (χ1n) is 11.4. The number of hydrogen-bond donors (Lipinski definition) is 2. The largest absolute Gasteiger partial charge is 0.485 e. The van der Waals surface area contributed by atoms with Gasteiger partial charge in [0.15, 0.2) is 17.2 Å². The number of nitrogen functional groups attached to an aromatic ring is 1. The molecule has 0 radical (unpaired) electrons. The van der Waals surface area contributed by atoms with E-state index in [9.17, 15) is 14.4 Å². The fraction of sp³-hybridized carbons (Fsp3) is 0.148. The van der Waals surface area contributed by atoms with E-state index < -0.39 is 23.3 Å². The van der Waals surface area contributed by atoms with E-state index in [2.05, 4.69) is 4.98 Å². The van der Waals surface area contributed by atoms with E-state index >= 15 is 0 Å². The number of para-hydroxylation sites is 2. The van der Waals surface area contributed by atoms with E-state index in [1.807, 2.05) is 66.7 Å². The molecule has 0 saturated carbocycles. The highest BCUT2D eigenvalue weighted by molar-refractivity contribution is 5.98. The fourth-order valence-electron chi connectivity index (χ4n) is 4.11. The van der Waals surface area contributed by atoms with Gasteiger partial charge in [-0.1, -0.05) is 72.8 Å². The van der Waals surface area contributed by atoms with Crippen LogP contribution in [0.2, 0.25) is 0 Å². The summed E-state index contributed by atoms with van der Waals surface area (Å²) in [7, 11) is 0. The zero-order valence-corrected chi connectivity index (χ0v) is 19.3. The van der Waals surface area contributed by atoms with E-state index in [1.54, 1.807) is 18.2 Å². The van der Waals surface area contributed by atoms with Gasteiger partial charge in [-0.3, -0.25) is 24.0 Å². The Kier molecular flexibility index (Phi) is 6.27. The van der Waals surface area contributed by atoms with Crippen molar-refractivity contribution in [3.63, 3.8) is 0 Å². The van der Waals surface area contributed by atoms with E-state index in [4.69, 9.17) is 15.2 Å². The lowest BCUT2D eigenvalue weighted by Crippen LogP contribution is -2.49. The van der Waals surface area contributed by atoms with Crippen molar-refractivity contribution in [3.05, 3.63) is 117 Å². The minimum Gasteiger partial charge on any atom is -0.485 e. The van der Waals surface area contributed by atoms with E-state index in [0.29, 0.717) is 11.5 Å². The van der Waals surface area contributed by atoms with Crippen LogP contribution in [-0.2, 0) is 17.9 Å². The van der Waals surface area contributed by atoms with Crippen LogP contribution in [0.3, 0.4) is 0 Å². The average molecular weight is 485 g/mol. The van der Waals surface area contributed by atoms with Crippen LogP contribution in [0.4, 0.5) is 11.5 Å². The van der Waals surface area contributed by atoms with Gasteiger partial charge in [0.2, 0.25) is 6.10 Å². The molecule has 0 bridgehead atoms. The minimum absolute atomic E-state index is 0.0391. The highest BCUT2D eigenvalue weighted by atomic mass is 16.6. The van der Waals surface area contributed by atoms with E-state index in [-0.39, 0.29) is 31.2 Å². The van der Waals surface area contributed by atoms with Gasteiger partial charge in [0, 0.05) is 0 Å². The van der Waals surface area contributed by atoms with Crippen molar-refractivity contribution >= 4 is 17.4 Å². The third-order valence-electron chi connectivity index (χ3n) is 5.90. The molecule has 0 saturated heterocycles. The van der Waals surface area contributed by atoms with Crippen LogP contribution in [0.5, 0.6) is 11.5 Å². The summed E-state index contributed by atoms with van der Waals surface area (Å²) in [5.41, 5.74) is 6.44. The van der Waals surface area contributed by atoms with Crippen molar-refractivity contribution in [3.8, 4) is 11.5 Å². The van der Waals surface area contributed by atoms with Gasteiger partial charge in [-0.2, -0.15) is 0 Å². The lowest BCUT2D eigenvalue weighted by Gasteiger charge is -2.31. The highest BCUT2D eigenvalue weighted by Crippen LogP contribution is 2.32. The van der Waals surface area contributed by atoms with Gasteiger partial charge in [-0.15, -0.1) is 0 Å². The third kappa shape index (κ3) is 4.58. The number of nitrogens with zero attached hydrogens (tertiary/aromatic N) is 2. The molecule has 4 aromatic rings. The topological polar surface area (TPSA) is 120 Å². The molecule has 9 heteroatoms. The quantitative estimate of drug-likeness (QED) is 0.434. The summed E-state index contributed by atoms with van der Waals surface area (Å²) in [4.78, 5) is 43.1. The van der Waals surface area contributed by atoms with Crippen molar-refractivity contribution < 1.29 is 14.3 Å². The van der Waals surface area contributed by atoms with Crippen LogP contribution < -0.4 is 31.4 Å². The van der Waals surface area contributed by atoms with Gasteiger partial charge < -0.3 is 15.2 Å². The number of aromatic nitrogens is 2. The van der Waals surface area contributed by atoms with Gasteiger partial charge in [0.1, 0.15) is 12.4 Å². The Labute approximate surface area is 206 Å². The number of carbonyl (C=O) groups is 1. The number of rotatable bonds is 6. The Balaban J connectivity index is 1.57. The number of nitrogens with two attached hydrogens (primary N) is 1. The van der Waals surface area contributed by atoms with Crippen molar-refractivity contribution in [1.82, 2.24) is 9.55 Å². The number of anilines is 2. The number of fused-ring (bicyclic) bond motifs is 1. The van der Waals surface area contributed by atoms with Crippen LogP contribution in [0, 0.1) is 0 Å². The molecule has 3 N–H and O–H groups in total. The highest BCUT2D eigenvalue weighted by Gasteiger charge is 2.34. The summed E-state index contributed by atoms with van der Waals surface area (Å²) in [6.45, 7) is 0.125. The molecule has 1 amide bonds. The lowest BCUT2D eigenvalue weighted by atomic mass is 10.1. The molecular formula is C27H24N4O5. The molecule has 0 fully saturated rings. The number of nitrogens with one attached hydrogen (secondary N) is 1. The van der Waals surface area contributed by atoms with Crippen molar-refractivity contribution in [1.29, 1.82) is 0 Å². The van der Waals surface area contributed by atoms with Crippen molar-refractivity contribution in [2.75, 3.05) is 17.2 Å². The molecule has 0 aliphatic carbocycles. The number of benzene rings is 3. The number of amides is 1. The zero-order chi connectivity index (χ0) is 25.1. The van der Waals surface area contributed by atoms with Crippen LogP contribution in [0.15, 0.2) is 94.5 Å². The molecular weight excluding hydrogens is 460 g/mol. The van der Waals surface area contributed by atoms with Gasteiger partial charge in [-0.05, 0) is 23.3 Å². The molecule has 5 rings (SSSR count). The number of carbonyl (C=O) groups excluding carboxylic acids is 1. The van der Waals surface area contributed by atoms with Crippen molar-refractivity contribution in [2.45, 2.75) is 19.2 Å². The first kappa shape index (κ1) is 23.0. The summed E-state index contributed by atoms with van der Waals surface area (Å²) >= 11 is 0. The number of ether oxygens (including phenoxy) is 2. The fourth-order valence-corrected chi connectivity index (χ4v) is 4.11. The van der Waals surface area contributed by atoms with Crippen LogP contribution in [0.25, 0.3) is 0 Å². The predicted molar refractivity (Wildman–Crippen MR) is 135 cm³/mol. The third-order valence-corrected chi connectivity index (χ3v) is 5.90. The standard InChI is InChI=1S/C27H24N4O5/c28-24-23(25(32)29-27(34)31(24)16-19-11-5-2-6-12-19)30(15-18-9-3-1-4-10-18)26(33)22-17-35-20-13-7-8-14-21(20)36-22/h1-14,22H,15-17,28H2,(H,29,32,34). The monoisotopic (exact) mass is 484 g/mol. The summed E-state index contributed by atoms with van der Waals surface area (Å²) in [6, 6.07) is 25.4. The minimum atomic E-state index is -1.02. The van der Waals surface area contributed by atoms with Gasteiger partial charge in [-0.25, -0.2) is 4.79 Å². The maximum absolute atomic E-state index is 13.8. The lowest BCUT2D eigenvalue weighted by molar-refractivity contribution is -0.127. The second-order valence-corrected chi connectivity index (χ2v) is 8.34. The normalized spacial score (nSPS) is 14.3. The van der Waals surface area contributed by atoms with E-state index in [1.165, 1.54) is 9.47 Å². The number of H-pyrrole nitrogens is 1.